The van der Waals surface area contributed by atoms with Gasteiger partial charge in [-0.15, -0.1) is 0 Å². The van der Waals surface area contributed by atoms with Crippen molar-refractivity contribution in [3.05, 3.63) is 71.3 Å². The molecule has 2 rings (SSSR count). The number of aliphatic imine (C=N–C) groups is 1. The summed E-state index contributed by atoms with van der Waals surface area (Å²) in [5, 5.41) is 6.61. The van der Waals surface area contributed by atoms with Crippen LogP contribution >= 0.6 is 0 Å². The van der Waals surface area contributed by atoms with Crippen LogP contribution in [0.3, 0.4) is 0 Å². The van der Waals surface area contributed by atoms with E-state index in [1.54, 1.807) is 7.11 Å². The summed E-state index contributed by atoms with van der Waals surface area (Å²) in [7, 11) is 1.70. The van der Waals surface area contributed by atoms with E-state index in [2.05, 4.69) is 65.9 Å². The van der Waals surface area contributed by atoms with Crippen molar-refractivity contribution in [3.63, 3.8) is 0 Å². The number of nitrogens with one attached hydrogen (secondary N) is 2. The minimum absolute atomic E-state index is 0.200. The maximum absolute atomic E-state index is 5.83. The van der Waals surface area contributed by atoms with E-state index in [1.807, 2.05) is 18.2 Å². The third-order valence-corrected chi connectivity index (χ3v) is 3.94. The molecule has 0 saturated heterocycles. The van der Waals surface area contributed by atoms with Crippen LogP contribution in [-0.4, -0.2) is 32.3 Å². The molecule has 0 heterocycles. The highest BCUT2D eigenvalue weighted by molar-refractivity contribution is 5.80. The number of guanidine groups is 1. The summed E-state index contributed by atoms with van der Waals surface area (Å²) in [4.78, 5) is 4.67. The Morgan fingerprint density at radius 3 is 2.44 bits per heavy atom. The fourth-order valence-corrected chi connectivity index (χ4v) is 2.69. The number of hydrogen-bond donors (Lipinski definition) is 2. The largest absolute Gasteiger partial charge is 0.383 e. The molecule has 0 aliphatic carbocycles. The molecular formula is C22H31N3O2. The summed E-state index contributed by atoms with van der Waals surface area (Å²) in [6.07, 6.45) is 0. The van der Waals surface area contributed by atoms with Gasteiger partial charge in [0.25, 0.3) is 0 Å². The third-order valence-electron chi connectivity index (χ3n) is 3.94. The number of hydrogen-bond acceptors (Lipinski definition) is 3. The normalized spacial score (nSPS) is 12.6. The lowest BCUT2D eigenvalue weighted by molar-refractivity contribution is 0.107. The molecule has 0 aliphatic rings. The van der Waals surface area contributed by atoms with E-state index in [1.165, 1.54) is 5.56 Å². The van der Waals surface area contributed by atoms with Crippen molar-refractivity contribution >= 4 is 5.96 Å². The molecule has 0 bridgehead atoms. The fourth-order valence-electron chi connectivity index (χ4n) is 2.69. The van der Waals surface area contributed by atoms with Gasteiger partial charge in [0.15, 0.2) is 5.96 Å². The maximum atomic E-state index is 5.83. The van der Waals surface area contributed by atoms with Crippen LogP contribution in [0.1, 0.15) is 30.5 Å². The van der Waals surface area contributed by atoms with Crippen LogP contribution in [0.15, 0.2) is 59.6 Å². The lowest BCUT2D eigenvalue weighted by Crippen LogP contribution is -2.43. The summed E-state index contributed by atoms with van der Waals surface area (Å²) in [5.41, 5.74) is 3.50. The summed E-state index contributed by atoms with van der Waals surface area (Å²) in [5.74, 6) is 0.799. The van der Waals surface area contributed by atoms with Gasteiger partial charge in [-0.05, 0) is 30.5 Å². The number of methoxy groups -OCH3 is 1. The molecule has 0 aliphatic heterocycles. The first-order valence-corrected chi connectivity index (χ1v) is 9.44. The van der Waals surface area contributed by atoms with Crippen LogP contribution in [0.2, 0.25) is 0 Å². The summed E-state index contributed by atoms with van der Waals surface area (Å²) in [6.45, 7) is 7.41. The average Bonchev–Trinajstić information content (AvgIpc) is 2.68. The molecule has 27 heavy (non-hydrogen) atoms. The van der Waals surface area contributed by atoms with Crippen molar-refractivity contribution in [2.75, 3.05) is 20.3 Å². The van der Waals surface area contributed by atoms with Crippen LogP contribution in [0.4, 0.5) is 0 Å². The highest BCUT2D eigenvalue weighted by atomic mass is 16.5. The first kappa shape index (κ1) is 20.9. The standard InChI is InChI=1S/C22H31N3O2/c1-4-23-22(25-18(2)15-26-3)24-14-20-11-8-12-21(13-20)17-27-16-19-9-6-5-7-10-19/h5-13,18H,4,14-17H2,1-3H3,(H2,23,24,25). The average molecular weight is 370 g/mol. The van der Waals surface area contributed by atoms with Crippen LogP contribution in [0.5, 0.6) is 0 Å². The SMILES string of the molecule is CCNC(=NCc1cccc(COCc2ccccc2)c1)NC(C)COC. The molecule has 0 aromatic heterocycles. The molecule has 0 spiro atoms. The van der Waals surface area contributed by atoms with E-state index in [-0.39, 0.29) is 6.04 Å². The first-order valence-electron chi connectivity index (χ1n) is 9.44. The van der Waals surface area contributed by atoms with Gasteiger partial charge in [0.05, 0.1) is 26.4 Å². The van der Waals surface area contributed by atoms with E-state index >= 15 is 0 Å². The molecule has 1 atom stereocenters. The van der Waals surface area contributed by atoms with E-state index in [0.717, 1.165) is 23.6 Å². The molecule has 0 saturated carbocycles. The Labute approximate surface area is 162 Å². The molecule has 0 radical (unpaired) electrons. The van der Waals surface area contributed by atoms with Gasteiger partial charge in [0, 0.05) is 19.7 Å². The van der Waals surface area contributed by atoms with E-state index < -0.39 is 0 Å². The molecule has 2 N–H and O–H groups in total. The van der Waals surface area contributed by atoms with Crippen LogP contribution in [0.25, 0.3) is 0 Å². The number of ether oxygens (including phenoxy) is 2. The lowest BCUT2D eigenvalue weighted by Gasteiger charge is -2.17. The molecule has 5 heteroatoms. The van der Waals surface area contributed by atoms with Crippen LogP contribution < -0.4 is 10.6 Å². The van der Waals surface area contributed by atoms with Gasteiger partial charge < -0.3 is 20.1 Å². The number of benzene rings is 2. The molecule has 2 aromatic rings. The molecule has 0 amide bonds. The van der Waals surface area contributed by atoms with E-state index in [0.29, 0.717) is 26.4 Å². The quantitative estimate of drug-likeness (QED) is 0.497. The second kappa shape index (κ2) is 12.1. The molecule has 5 nitrogen and oxygen atoms in total. The summed E-state index contributed by atoms with van der Waals surface area (Å²) in [6, 6.07) is 18.8. The summed E-state index contributed by atoms with van der Waals surface area (Å²) < 4.78 is 11.0. The fraction of sp³-hybridized carbons (Fsp3) is 0.409. The monoisotopic (exact) mass is 369 g/mol. The Morgan fingerprint density at radius 2 is 1.70 bits per heavy atom. The first-order chi connectivity index (χ1) is 13.2. The van der Waals surface area contributed by atoms with Crippen LogP contribution in [0, 0.1) is 0 Å². The topological polar surface area (TPSA) is 54.9 Å². The number of rotatable bonds is 10. The van der Waals surface area contributed by atoms with Crippen molar-refractivity contribution in [2.24, 2.45) is 4.99 Å². The Balaban J connectivity index is 1.88. The zero-order chi connectivity index (χ0) is 19.3. The zero-order valence-corrected chi connectivity index (χ0v) is 16.6. The predicted octanol–water partition coefficient (Wildman–Crippen LogP) is 3.49. The highest BCUT2D eigenvalue weighted by Gasteiger charge is 2.04. The lowest BCUT2D eigenvalue weighted by atomic mass is 10.1. The Bertz CT molecular complexity index is 689. The molecule has 146 valence electrons. The van der Waals surface area contributed by atoms with Crippen molar-refractivity contribution in [3.8, 4) is 0 Å². The van der Waals surface area contributed by atoms with Gasteiger partial charge in [-0.25, -0.2) is 4.99 Å². The second-order valence-electron chi connectivity index (χ2n) is 6.49. The maximum Gasteiger partial charge on any atom is 0.191 e. The van der Waals surface area contributed by atoms with E-state index in [9.17, 15) is 0 Å². The van der Waals surface area contributed by atoms with Gasteiger partial charge >= 0.3 is 0 Å². The Kier molecular flexibility index (Phi) is 9.38. The van der Waals surface area contributed by atoms with Crippen molar-refractivity contribution < 1.29 is 9.47 Å². The highest BCUT2D eigenvalue weighted by Crippen LogP contribution is 2.10. The van der Waals surface area contributed by atoms with Gasteiger partial charge in [0.1, 0.15) is 0 Å². The zero-order valence-electron chi connectivity index (χ0n) is 16.6. The van der Waals surface area contributed by atoms with Gasteiger partial charge in [-0.2, -0.15) is 0 Å². The Hall–Kier alpha value is -2.37. The van der Waals surface area contributed by atoms with Gasteiger partial charge in [-0.1, -0.05) is 54.6 Å². The Morgan fingerprint density at radius 1 is 1.00 bits per heavy atom. The number of nitrogens with zero attached hydrogens (tertiary/aromatic N) is 1. The minimum Gasteiger partial charge on any atom is -0.383 e. The van der Waals surface area contributed by atoms with Crippen molar-refractivity contribution in [1.82, 2.24) is 10.6 Å². The van der Waals surface area contributed by atoms with Crippen molar-refractivity contribution in [1.29, 1.82) is 0 Å². The summed E-state index contributed by atoms with van der Waals surface area (Å²) >= 11 is 0. The molecular weight excluding hydrogens is 338 g/mol. The smallest absolute Gasteiger partial charge is 0.191 e. The third kappa shape index (κ3) is 8.24. The molecule has 0 fully saturated rings. The van der Waals surface area contributed by atoms with Crippen molar-refractivity contribution in [2.45, 2.75) is 39.6 Å². The predicted molar refractivity (Wildman–Crippen MR) is 111 cm³/mol. The van der Waals surface area contributed by atoms with Gasteiger partial charge in [-0.3, -0.25) is 0 Å². The molecule has 1 unspecified atom stereocenters. The molecule has 2 aromatic carbocycles. The van der Waals surface area contributed by atoms with E-state index in [4.69, 9.17) is 9.47 Å². The second-order valence-corrected chi connectivity index (χ2v) is 6.49. The minimum atomic E-state index is 0.200. The van der Waals surface area contributed by atoms with Crippen LogP contribution in [-0.2, 0) is 29.2 Å². The van der Waals surface area contributed by atoms with Gasteiger partial charge in [0.2, 0.25) is 0 Å².